The standard InChI is InChI=1S/C36H44O4/c1-3-5-6-7-8-9-14-26(13-4-2)27-19-21-28(22-20-27)31-16-10-11-17-34(31)36(39)40-30-23-24-32-29(25-30)15-12-18-33(32)35(37)38/h10-11,16-17,19-26,33H,3-9,12-15,18H2,1-2H3,(H,37,38). The number of hydrogen-bond donors (Lipinski definition) is 1. The topological polar surface area (TPSA) is 63.6 Å². The number of carboxylic acids is 1. The minimum Gasteiger partial charge on any atom is -0.481 e. The SMILES string of the molecule is CCCCCCCCC(CCC)c1ccc(-c2ccccc2C(=O)Oc2ccc3c(c2)CCCC3C(=O)O)cc1. The number of esters is 1. The van der Waals surface area contributed by atoms with Gasteiger partial charge in [0.15, 0.2) is 0 Å². The Morgan fingerprint density at radius 3 is 2.38 bits per heavy atom. The number of benzene rings is 3. The van der Waals surface area contributed by atoms with Crippen LogP contribution < -0.4 is 4.74 Å². The molecule has 0 heterocycles. The van der Waals surface area contributed by atoms with Gasteiger partial charge in [0.2, 0.25) is 0 Å². The fraction of sp³-hybridized carbons (Fsp3) is 0.444. The predicted molar refractivity (Wildman–Crippen MR) is 162 cm³/mol. The van der Waals surface area contributed by atoms with Crippen LogP contribution in [0.1, 0.15) is 123 Å². The predicted octanol–water partition coefficient (Wildman–Crippen LogP) is 9.71. The maximum Gasteiger partial charge on any atom is 0.344 e. The molecule has 3 aromatic carbocycles. The van der Waals surface area contributed by atoms with Crippen LogP contribution in [0.25, 0.3) is 11.1 Å². The van der Waals surface area contributed by atoms with Gasteiger partial charge < -0.3 is 9.84 Å². The Bertz CT molecular complexity index is 1260. The van der Waals surface area contributed by atoms with Crippen LogP contribution in [0, 0.1) is 0 Å². The van der Waals surface area contributed by atoms with E-state index in [4.69, 9.17) is 4.74 Å². The molecular weight excluding hydrogens is 496 g/mol. The Labute approximate surface area is 239 Å². The molecule has 0 saturated heterocycles. The van der Waals surface area contributed by atoms with Gasteiger partial charge in [-0.1, -0.05) is 107 Å². The first kappa shape index (κ1) is 29.6. The average molecular weight is 541 g/mol. The molecule has 212 valence electrons. The van der Waals surface area contributed by atoms with Crippen molar-refractivity contribution in [2.24, 2.45) is 0 Å². The lowest BCUT2D eigenvalue weighted by molar-refractivity contribution is -0.139. The third-order valence-electron chi connectivity index (χ3n) is 8.32. The summed E-state index contributed by atoms with van der Waals surface area (Å²) >= 11 is 0. The average Bonchev–Trinajstić information content (AvgIpc) is 2.98. The van der Waals surface area contributed by atoms with Crippen LogP contribution >= 0.6 is 0 Å². The number of aryl methyl sites for hydroxylation is 1. The molecule has 2 unspecified atom stereocenters. The minimum atomic E-state index is -0.797. The Morgan fingerprint density at radius 1 is 0.875 bits per heavy atom. The van der Waals surface area contributed by atoms with Gasteiger partial charge in [0.05, 0.1) is 11.5 Å². The van der Waals surface area contributed by atoms with Gasteiger partial charge >= 0.3 is 11.9 Å². The monoisotopic (exact) mass is 540 g/mol. The molecule has 40 heavy (non-hydrogen) atoms. The number of hydrogen-bond acceptors (Lipinski definition) is 3. The molecule has 2 atom stereocenters. The Balaban J connectivity index is 1.45. The Hall–Kier alpha value is -3.40. The lowest BCUT2D eigenvalue weighted by Crippen LogP contribution is -2.18. The summed E-state index contributed by atoms with van der Waals surface area (Å²) in [5, 5.41) is 9.55. The van der Waals surface area contributed by atoms with Crippen LogP contribution in [0.3, 0.4) is 0 Å². The summed E-state index contributed by atoms with van der Waals surface area (Å²) in [6.07, 6.45) is 13.8. The summed E-state index contributed by atoms with van der Waals surface area (Å²) in [4.78, 5) is 24.9. The van der Waals surface area contributed by atoms with E-state index in [2.05, 4.69) is 38.1 Å². The van der Waals surface area contributed by atoms with E-state index in [9.17, 15) is 14.7 Å². The van der Waals surface area contributed by atoms with Crippen LogP contribution in [0.4, 0.5) is 0 Å². The molecule has 0 fully saturated rings. The molecule has 4 heteroatoms. The Kier molecular flexibility index (Phi) is 11.0. The van der Waals surface area contributed by atoms with Gasteiger partial charge in [0.1, 0.15) is 5.75 Å². The Morgan fingerprint density at radius 2 is 1.62 bits per heavy atom. The molecular formula is C36H44O4. The lowest BCUT2D eigenvalue weighted by atomic mass is 9.83. The normalized spacial score (nSPS) is 15.3. The summed E-state index contributed by atoms with van der Waals surface area (Å²) in [5.41, 5.74) is 5.54. The zero-order chi connectivity index (χ0) is 28.3. The molecule has 4 nitrogen and oxygen atoms in total. The first-order chi connectivity index (χ1) is 19.5. The third kappa shape index (κ3) is 7.62. The zero-order valence-electron chi connectivity index (χ0n) is 24.2. The summed E-state index contributed by atoms with van der Waals surface area (Å²) < 4.78 is 5.81. The highest BCUT2D eigenvalue weighted by Crippen LogP contribution is 2.35. The maximum absolute atomic E-state index is 13.3. The second-order valence-corrected chi connectivity index (χ2v) is 11.2. The van der Waals surface area contributed by atoms with Gasteiger partial charge in [-0.3, -0.25) is 4.79 Å². The summed E-state index contributed by atoms with van der Waals surface area (Å²) in [5.74, 6) is -0.654. The van der Waals surface area contributed by atoms with Crippen molar-refractivity contribution in [1.82, 2.24) is 0 Å². The van der Waals surface area contributed by atoms with Crippen molar-refractivity contribution in [1.29, 1.82) is 0 Å². The van der Waals surface area contributed by atoms with Crippen molar-refractivity contribution in [3.05, 3.63) is 89.0 Å². The van der Waals surface area contributed by atoms with Crippen LogP contribution in [0.15, 0.2) is 66.7 Å². The van der Waals surface area contributed by atoms with Crippen molar-refractivity contribution < 1.29 is 19.4 Å². The highest BCUT2D eigenvalue weighted by Gasteiger charge is 2.26. The van der Waals surface area contributed by atoms with Gasteiger partial charge in [0.25, 0.3) is 0 Å². The van der Waals surface area contributed by atoms with Crippen molar-refractivity contribution >= 4 is 11.9 Å². The first-order valence-electron chi connectivity index (χ1n) is 15.3. The van der Waals surface area contributed by atoms with E-state index in [0.717, 1.165) is 35.1 Å². The number of carboxylic acid groups (broad SMARTS) is 1. The van der Waals surface area contributed by atoms with Crippen molar-refractivity contribution in [2.75, 3.05) is 0 Å². The molecule has 1 aliphatic carbocycles. The fourth-order valence-electron chi connectivity index (χ4n) is 6.12. The molecule has 0 amide bonds. The van der Waals surface area contributed by atoms with Gasteiger partial charge in [-0.05, 0) is 84.0 Å². The highest BCUT2D eigenvalue weighted by molar-refractivity contribution is 5.98. The van der Waals surface area contributed by atoms with E-state index in [1.165, 1.54) is 63.4 Å². The number of carbonyl (C=O) groups is 2. The fourth-order valence-corrected chi connectivity index (χ4v) is 6.12. The number of unbranched alkanes of at least 4 members (excludes halogenated alkanes) is 5. The smallest absolute Gasteiger partial charge is 0.344 e. The van der Waals surface area contributed by atoms with Crippen molar-refractivity contribution in [2.45, 2.75) is 103 Å². The minimum absolute atomic E-state index is 0.405. The molecule has 0 saturated carbocycles. The largest absolute Gasteiger partial charge is 0.481 e. The zero-order valence-corrected chi connectivity index (χ0v) is 24.2. The van der Waals surface area contributed by atoms with E-state index in [1.807, 2.05) is 30.3 Å². The summed E-state index contributed by atoms with van der Waals surface area (Å²) in [6.45, 7) is 4.52. The van der Waals surface area contributed by atoms with Gasteiger partial charge in [-0.2, -0.15) is 0 Å². The van der Waals surface area contributed by atoms with Gasteiger partial charge in [0, 0.05) is 0 Å². The van der Waals surface area contributed by atoms with Crippen LogP contribution in [0.2, 0.25) is 0 Å². The molecule has 0 aromatic heterocycles. The number of carbonyl (C=O) groups excluding carboxylic acids is 1. The maximum atomic E-state index is 13.3. The van der Waals surface area contributed by atoms with Crippen LogP contribution in [-0.4, -0.2) is 17.0 Å². The van der Waals surface area contributed by atoms with Crippen LogP contribution in [0.5, 0.6) is 5.75 Å². The second kappa shape index (κ2) is 14.8. The van der Waals surface area contributed by atoms with E-state index in [1.54, 1.807) is 12.1 Å². The first-order valence-corrected chi connectivity index (χ1v) is 15.3. The molecule has 1 N–H and O–H groups in total. The molecule has 4 rings (SSSR count). The van der Waals surface area contributed by atoms with Crippen molar-refractivity contribution in [3.8, 4) is 16.9 Å². The third-order valence-corrected chi connectivity index (χ3v) is 8.32. The van der Waals surface area contributed by atoms with E-state index >= 15 is 0 Å². The number of rotatable bonds is 14. The molecule has 0 spiro atoms. The molecule has 0 radical (unpaired) electrons. The highest BCUT2D eigenvalue weighted by atomic mass is 16.5. The van der Waals surface area contributed by atoms with E-state index in [0.29, 0.717) is 23.7 Å². The van der Waals surface area contributed by atoms with Crippen LogP contribution in [-0.2, 0) is 11.2 Å². The summed E-state index contributed by atoms with van der Waals surface area (Å²) in [7, 11) is 0. The summed E-state index contributed by atoms with van der Waals surface area (Å²) in [6, 6.07) is 21.7. The number of ether oxygens (including phenoxy) is 1. The molecule has 0 bridgehead atoms. The van der Waals surface area contributed by atoms with Gasteiger partial charge in [-0.15, -0.1) is 0 Å². The van der Waals surface area contributed by atoms with Gasteiger partial charge in [-0.25, -0.2) is 4.79 Å². The molecule has 1 aliphatic rings. The van der Waals surface area contributed by atoms with E-state index < -0.39 is 17.9 Å². The number of fused-ring (bicyclic) bond motifs is 1. The number of aliphatic carboxylic acids is 1. The molecule has 3 aromatic rings. The second-order valence-electron chi connectivity index (χ2n) is 11.2. The lowest BCUT2D eigenvalue weighted by Gasteiger charge is -2.22. The quantitative estimate of drug-likeness (QED) is 0.126. The van der Waals surface area contributed by atoms with E-state index in [-0.39, 0.29) is 0 Å². The molecule has 0 aliphatic heterocycles. The van der Waals surface area contributed by atoms with Crippen molar-refractivity contribution in [3.63, 3.8) is 0 Å².